The van der Waals surface area contributed by atoms with Crippen molar-refractivity contribution in [2.24, 2.45) is 0 Å². The SMILES string of the molecule is Nc1ccc(Cl)nc1N(CC(F)(F)F)C1CC1. The smallest absolute Gasteiger partial charge is 0.396 e. The van der Waals surface area contributed by atoms with Crippen LogP contribution in [0.25, 0.3) is 0 Å². The van der Waals surface area contributed by atoms with Crippen molar-refractivity contribution in [1.29, 1.82) is 0 Å². The standard InChI is InChI=1S/C10H11ClF3N3/c11-8-4-3-7(15)9(16-8)17(6-1-2-6)5-10(12,13)14/h3-4,6H,1-2,5,15H2. The van der Waals surface area contributed by atoms with Gasteiger partial charge in [-0.25, -0.2) is 4.98 Å². The maximum atomic E-state index is 12.5. The average molecular weight is 266 g/mol. The number of aromatic nitrogens is 1. The summed E-state index contributed by atoms with van der Waals surface area (Å²) >= 11 is 5.68. The normalized spacial score (nSPS) is 16.0. The number of nitrogen functional groups attached to an aromatic ring is 1. The first-order chi connectivity index (χ1) is 7.87. The predicted molar refractivity (Wildman–Crippen MR) is 60.1 cm³/mol. The highest BCUT2D eigenvalue weighted by Gasteiger charge is 2.39. The molecule has 1 aromatic rings. The Hall–Kier alpha value is -1.17. The van der Waals surface area contributed by atoms with E-state index in [1.165, 1.54) is 17.0 Å². The molecule has 2 rings (SSSR count). The molecule has 0 saturated heterocycles. The van der Waals surface area contributed by atoms with Gasteiger partial charge in [0.2, 0.25) is 0 Å². The topological polar surface area (TPSA) is 42.1 Å². The highest BCUT2D eigenvalue weighted by molar-refractivity contribution is 6.29. The zero-order valence-electron chi connectivity index (χ0n) is 8.84. The summed E-state index contributed by atoms with van der Waals surface area (Å²) in [6.45, 7) is -1.05. The molecule has 94 valence electrons. The van der Waals surface area contributed by atoms with E-state index < -0.39 is 12.7 Å². The van der Waals surface area contributed by atoms with Crippen LogP contribution in [-0.4, -0.2) is 23.7 Å². The van der Waals surface area contributed by atoms with Crippen LogP contribution in [0, 0.1) is 0 Å². The summed E-state index contributed by atoms with van der Waals surface area (Å²) in [6, 6.07) is 2.79. The molecular formula is C10H11ClF3N3. The van der Waals surface area contributed by atoms with Crippen LogP contribution in [0.3, 0.4) is 0 Å². The Morgan fingerprint density at radius 3 is 2.59 bits per heavy atom. The van der Waals surface area contributed by atoms with E-state index in [1.807, 2.05) is 0 Å². The lowest BCUT2D eigenvalue weighted by Gasteiger charge is -2.25. The summed E-state index contributed by atoms with van der Waals surface area (Å²) in [7, 11) is 0. The zero-order chi connectivity index (χ0) is 12.6. The predicted octanol–water partition coefficient (Wildman–Crippen LogP) is 2.85. The summed E-state index contributed by atoms with van der Waals surface area (Å²) < 4.78 is 37.4. The van der Waals surface area contributed by atoms with E-state index in [0.29, 0.717) is 0 Å². The van der Waals surface area contributed by atoms with Crippen LogP contribution >= 0.6 is 11.6 Å². The van der Waals surface area contributed by atoms with E-state index in [9.17, 15) is 13.2 Å². The van der Waals surface area contributed by atoms with Gasteiger partial charge < -0.3 is 10.6 Å². The number of rotatable bonds is 3. The number of pyridine rings is 1. The Labute approximate surface area is 101 Å². The maximum Gasteiger partial charge on any atom is 0.405 e. The second-order valence-electron chi connectivity index (χ2n) is 4.02. The van der Waals surface area contributed by atoms with E-state index in [1.54, 1.807) is 0 Å². The number of nitrogens with two attached hydrogens (primary N) is 1. The highest BCUT2D eigenvalue weighted by atomic mass is 35.5. The van der Waals surface area contributed by atoms with Crippen LogP contribution in [0.15, 0.2) is 12.1 Å². The molecule has 1 aromatic heterocycles. The largest absolute Gasteiger partial charge is 0.405 e. The first kappa shape index (κ1) is 12.3. The van der Waals surface area contributed by atoms with Crippen LogP contribution in [0.4, 0.5) is 24.7 Å². The minimum absolute atomic E-state index is 0.123. The third kappa shape index (κ3) is 3.15. The summed E-state index contributed by atoms with van der Waals surface area (Å²) in [5.74, 6) is 0.123. The molecule has 7 heteroatoms. The van der Waals surface area contributed by atoms with Gasteiger partial charge in [-0.05, 0) is 25.0 Å². The molecule has 0 bridgehead atoms. The molecule has 1 aliphatic rings. The highest BCUT2D eigenvalue weighted by Crippen LogP contribution is 2.36. The summed E-state index contributed by atoms with van der Waals surface area (Å²) in [5, 5.41) is 0.141. The Morgan fingerprint density at radius 1 is 1.41 bits per heavy atom. The first-order valence-electron chi connectivity index (χ1n) is 5.12. The van der Waals surface area contributed by atoms with Crippen molar-refractivity contribution in [3.63, 3.8) is 0 Å². The minimum atomic E-state index is -4.28. The monoisotopic (exact) mass is 265 g/mol. The molecular weight excluding hydrogens is 255 g/mol. The van der Waals surface area contributed by atoms with Gasteiger partial charge in [0.1, 0.15) is 11.7 Å². The van der Waals surface area contributed by atoms with E-state index in [4.69, 9.17) is 17.3 Å². The summed E-state index contributed by atoms with van der Waals surface area (Å²) in [6.07, 6.45) is -2.83. The molecule has 1 saturated carbocycles. The maximum absolute atomic E-state index is 12.5. The van der Waals surface area contributed by atoms with Gasteiger partial charge in [0.15, 0.2) is 5.82 Å². The fraction of sp³-hybridized carbons (Fsp3) is 0.500. The Morgan fingerprint density at radius 2 is 2.06 bits per heavy atom. The van der Waals surface area contributed by atoms with Crippen molar-refractivity contribution < 1.29 is 13.2 Å². The lowest BCUT2D eigenvalue weighted by molar-refractivity contribution is -0.120. The molecule has 0 aliphatic heterocycles. The number of hydrogen-bond donors (Lipinski definition) is 1. The van der Waals surface area contributed by atoms with Gasteiger partial charge in [-0.2, -0.15) is 13.2 Å². The molecule has 1 heterocycles. The van der Waals surface area contributed by atoms with Crippen molar-refractivity contribution in [2.75, 3.05) is 17.2 Å². The number of anilines is 2. The molecule has 1 fully saturated rings. The number of alkyl halides is 3. The van der Waals surface area contributed by atoms with E-state index in [0.717, 1.165) is 12.8 Å². The van der Waals surface area contributed by atoms with E-state index in [-0.39, 0.29) is 22.7 Å². The number of nitrogens with zero attached hydrogens (tertiary/aromatic N) is 2. The van der Waals surface area contributed by atoms with E-state index in [2.05, 4.69) is 4.98 Å². The molecule has 0 aromatic carbocycles. The third-order valence-corrected chi connectivity index (χ3v) is 2.69. The average Bonchev–Trinajstić information content (AvgIpc) is 3.00. The molecule has 3 nitrogen and oxygen atoms in total. The Bertz CT molecular complexity index is 418. The number of hydrogen-bond acceptors (Lipinski definition) is 3. The lowest BCUT2D eigenvalue weighted by atomic mass is 10.3. The Balaban J connectivity index is 2.29. The lowest BCUT2D eigenvalue weighted by Crippen LogP contribution is -2.37. The van der Waals surface area contributed by atoms with Gasteiger partial charge in [-0.15, -0.1) is 0 Å². The fourth-order valence-electron chi connectivity index (χ4n) is 1.62. The van der Waals surface area contributed by atoms with Gasteiger partial charge in [0.05, 0.1) is 5.69 Å². The minimum Gasteiger partial charge on any atom is -0.396 e. The van der Waals surface area contributed by atoms with Crippen molar-refractivity contribution >= 4 is 23.1 Å². The molecule has 1 aliphatic carbocycles. The molecule has 2 N–H and O–H groups in total. The van der Waals surface area contributed by atoms with Crippen LogP contribution in [0.2, 0.25) is 5.15 Å². The van der Waals surface area contributed by atoms with Crippen molar-refractivity contribution in [1.82, 2.24) is 4.98 Å². The second-order valence-corrected chi connectivity index (χ2v) is 4.41. The van der Waals surface area contributed by atoms with Crippen LogP contribution in [0.1, 0.15) is 12.8 Å². The van der Waals surface area contributed by atoms with Crippen molar-refractivity contribution in [3.05, 3.63) is 17.3 Å². The van der Waals surface area contributed by atoms with Crippen LogP contribution in [-0.2, 0) is 0 Å². The molecule has 0 amide bonds. The third-order valence-electron chi connectivity index (χ3n) is 2.48. The van der Waals surface area contributed by atoms with Gasteiger partial charge in [-0.3, -0.25) is 0 Å². The van der Waals surface area contributed by atoms with Crippen molar-refractivity contribution in [3.8, 4) is 0 Å². The van der Waals surface area contributed by atoms with Gasteiger partial charge in [0.25, 0.3) is 0 Å². The molecule has 0 radical (unpaired) electrons. The quantitative estimate of drug-likeness (QED) is 0.855. The summed E-state index contributed by atoms with van der Waals surface area (Å²) in [4.78, 5) is 5.07. The molecule has 0 unspecified atom stereocenters. The second kappa shape index (κ2) is 4.25. The fourth-order valence-corrected chi connectivity index (χ4v) is 1.77. The first-order valence-corrected chi connectivity index (χ1v) is 5.50. The molecule has 0 spiro atoms. The zero-order valence-corrected chi connectivity index (χ0v) is 9.59. The van der Waals surface area contributed by atoms with Crippen molar-refractivity contribution in [2.45, 2.75) is 25.1 Å². The molecule has 0 atom stereocenters. The van der Waals surface area contributed by atoms with E-state index >= 15 is 0 Å². The summed E-state index contributed by atoms with van der Waals surface area (Å²) in [5.41, 5.74) is 5.86. The van der Waals surface area contributed by atoms with Gasteiger partial charge >= 0.3 is 6.18 Å². The van der Waals surface area contributed by atoms with Gasteiger partial charge in [0, 0.05) is 6.04 Å². The molecule has 17 heavy (non-hydrogen) atoms. The number of halogens is 4. The van der Waals surface area contributed by atoms with Crippen LogP contribution in [0.5, 0.6) is 0 Å². The van der Waals surface area contributed by atoms with Crippen LogP contribution < -0.4 is 10.6 Å². The van der Waals surface area contributed by atoms with Gasteiger partial charge in [-0.1, -0.05) is 11.6 Å². The Kier molecular flexibility index (Phi) is 3.07.